The predicted molar refractivity (Wildman–Crippen MR) is 104 cm³/mol. The van der Waals surface area contributed by atoms with Gasteiger partial charge in [-0.15, -0.1) is 0 Å². The Hall–Kier alpha value is -1.91. The quantitative estimate of drug-likeness (QED) is 0.309. The summed E-state index contributed by atoms with van der Waals surface area (Å²) in [7, 11) is 0. The molecule has 0 fully saturated rings. The van der Waals surface area contributed by atoms with Crippen LogP contribution in [0.25, 0.3) is 11.0 Å². The first-order valence-electron chi connectivity index (χ1n) is 6.95. The second-order valence-corrected chi connectivity index (χ2v) is 7.61. The fourth-order valence-electron chi connectivity index (χ4n) is 2.09. The van der Waals surface area contributed by atoms with Crippen LogP contribution in [0.2, 0.25) is 0 Å². The summed E-state index contributed by atoms with van der Waals surface area (Å²) in [4.78, 5) is 30.0. The van der Waals surface area contributed by atoms with Gasteiger partial charge in [-0.2, -0.15) is 0 Å². The van der Waals surface area contributed by atoms with Gasteiger partial charge in [0.15, 0.2) is 5.16 Å². The first-order chi connectivity index (χ1) is 11.9. The van der Waals surface area contributed by atoms with Crippen molar-refractivity contribution in [2.75, 3.05) is 11.1 Å². The molecule has 0 aliphatic rings. The Bertz CT molecular complexity index is 920. The van der Waals surface area contributed by atoms with Crippen molar-refractivity contribution in [3.05, 3.63) is 55.5 Å². The molecule has 7 nitrogen and oxygen atoms in total. The molecule has 0 unspecified atom stereocenters. The summed E-state index contributed by atoms with van der Waals surface area (Å²) in [5.41, 5.74) is 2.12. The predicted octanol–water partition coefficient (Wildman–Crippen LogP) is 4.73. The van der Waals surface area contributed by atoms with Crippen LogP contribution in [0.1, 0.15) is 0 Å². The Morgan fingerprint density at radius 2 is 1.96 bits per heavy atom. The first kappa shape index (κ1) is 17.9. The van der Waals surface area contributed by atoms with Crippen molar-refractivity contribution in [3.63, 3.8) is 0 Å². The van der Waals surface area contributed by atoms with Crippen molar-refractivity contribution in [2.45, 2.75) is 5.16 Å². The molecule has 0 aliphatic carbocycles. The van der Waals surface area contributed by atoms with E-state index in [4.69, 9.17) is 0 Å². The van der Waals surface area contributed by atoms with Crippen LogP contribution in [0.15, 0.2) is 50.5 Å². The number of amides is 1. The highest BCUT2D eigenvalue weighted by molar-refractivity contribution is 9.11. The summed E-state index contributed by atoms with van der Waals surface area (Å²) in [6, 6.07) is 10.3. The Labute approximate surface area is 163 Å². The first-order valence-corrected chi connectivity index (χ1v) is 9.52. The molecule has 1 heterocycles. The molecule has 0 radical (unpaired) electrons. The molecule has 2 aromatic carbocycles. The summed E-state index contributed by atoms with van der Waals surface area (Å²) in [6.45, 7) is 0. The summed E-state index contributed by atoms with van der Waals surface area (Å²) < 4.78 is 0.853. The average molecular weight is 486 g/mol. The van der Waals surface area contributed by atoms with Crippen LogP contribution >= 0.6 is 43.6 Å². The van der Waals surface area contributed by atoms with E-state index in [0.717, 1.165) is 11.0 Å². The minimum absolute atomic E-state index is 0.0756. The summed E-state index contributed by atoms with van der Waals surface area (Å²) >= 11 is 7.75. The number of aromatic amines is 1. The number of anilines is 1. The van der Waals surface area contributed by atoms with Crippen molar-refractivity contribution in [1.29, 1.82) is 0 Å². The van der Waals surface area contributed by atoms with E-state index >= 15 is 0 Å². The van der Waals surface area contributed by atoms with E-state index in [1.807, 2.05) is 24.3 Å². The highest BCUT2D eigenvalue weighted by Gasteiger charge is 2.16. The van der Waals surface area contributed by atoms with E-state index in [2.05, 4.69) is 47.1 Å². The standard InChI is InChI=1S/C15H10Br2N4O3S/c16-9-5-8(21(23)24)6-10(17)14(9)20-13(22)7-25-15-18-11-3-1-2-4-12(11)19-15/h1-6H,7H2,(H,18,19)(H,20,22). The van der Waals surface area contributed by atoms with Gasteiger partial charge in [-0.3, -0.25) is 14.9 Å². The Morgan fingerprint density at radius 3 is 2.60 bits per heavy atom. The van der Waals surface area contributed by atoms with E-state index in [-0.39, 0.29) is 17.3 Å². The fraction of sp³-hybridized carbons (Fsp3) is 0.0667. The van der Waals surface area contributed by atoms with Crippen LogP contribution < -0.4 is 5.32 Å². The SMILES string of the molecule is O=C(CSc1nc2ccccc2[nH]1)Nc1c(Br)cc([N+](=O)[O-])cc1Br. The number of H-pyrrole nitrogens is 1. The minimum Gasteiger partial charge on any atom is -0.333 e. The zero-order valence-electron chi connectivity index (χ0n) is 12.5. The number of nitro benzene ring substituents is 1. The van der Waals surface area contributed by atoms with E-state index < -0.39 is 4.92 Å². The number of fused-ring (bicyclic) bond motifs is 1. The third kappa shape index (κ3) is 4.20. The van der Waals surface area contributed by atoms with Gasteiger partial charge in [0.2, 0.25) is 5.91 Å². The summed E-state index contributed by atoms with van der Waals surface area (Å²) in [6.07, 6.45) is 0. The van der Waals surface area contributed by atoms with E-state index in [0.29, 0.717) is 19.8 Å². The molecule has 128 valence electrons. The second kappa shape index (κ2) is 7.54. The van der Waals surface area contributed by atoms with Gasteiger partial charge in [-0.25, -0.2) is 4.98 Å². The lowest BCUT2D eigenvalue weighted by Gasteiger charge is -2.09. The van der Waals surface area contributed by atoms with Gasteiger partial charge in [-0.1, -0.05) is 23.9 Å². The van der Waals surface area contributed by atoms with Crippen LogP contribution in [0.4, 0.5) is 11.4 Å². The molecule has 10 heteroatoms. The van der Waals surface area contributed by atoms with Gasteiger partial charge in [-0.05, 0) is 44.0 Å². The van der Waals surface area contributed by atoms with Gasteiger partial charge in [0.05, 0.1) is 27.4 Å². The maximum absolute atomic E-state index is 12.2. The van der Waals surface area contributed by atoms with E-state index in [9.17, 15) is 14.9 Å². The van der Waals surface area contributed by atoms with Crippen LogP contribution in [0, 0.1) is 10.1 Å². The fourth-order valence-corrected chi connectivity index (χ4v) is 4.14. The lowest BCUT2D eigenvalue weighted by atomic mass is 10.3. The molecule has 1 aromatic heterocycles. The number of nitro groups is 1. The number of aromatic nitrogens is 2. The number of carbonyl (C=O) groups excluding carboxylic acids is 1. The number of thioether (sulfide) groups is 1. The van der Waals surface area contributed by atoms with Crippen molar-refractivity contribution in [3.8, 4) is 0 Å². The number of nitrogens with zero attached hydrogens (tertiary/aromatic N) is 2. The third-order valence-electron chi connectivity index (χ3n) is 3.21. The number of carbonyl (C=O) groups is 1. The van der Waals surface area contributed by atoms with Crippen molar-refractivity contribution >= 4 is 71.9 Å². The highest BCUT2D eigenvalue weighted by Crippen LogP contribution is 2.35. The smallest absolute Gasteiger partial charge is 0.271 e. The maximum Gasteiger partial charge on any atom is 0.271 e. The molecule has 0 spiro atoms. The van der Waals surface area contributed by atoms with Crippen LogP contribution in [-0.4, -0.2) is 26.6 Å². The molecule has 3 aromatic rings. The summed E-state index contributed by atoms with van der Waals surface area (Å²) in [5.74, 6) is -0.101. The van der Waals surface area contributed by atoms with Gasteiger partial charge in [0.1, 0.15) is 0 Å². The number of rotatable bonds is 5. The Balaban J connectivity index is 1.67. The molecule has 1 amide bonds. The van der Waals surface area contributed by atoms with Gasteiger partial charge in [0, 0.05) is 21.1 Å². The normalized spacial score (nSPS) is 10.8. The number of nitrogens with one attached hydrogen (secondary N) is 2. The molecule has 3 rings (SSSR count). The van der Waals surface area contributed by atoms with Crippen LogP contribution in [-0.2, 0) is 4.79 Å². The van der Waals surface area contributed by atoms with Gasteiger partial charge < -0.3 is 10.3 Å². The number of halogens is 2. The number of hydrogen-bond acceptors (Lipinski definition) is 5. The molecule has 25 heavy (non-hydrogen) atoms. The monoisotopic (exact) mass is 484 g/mol. The topological polar surface area (TPSA) is 101 Å². The Morgan fingerprint density at radius 1 is 1.28 bits per heavy atom. The molecular formula is C15H10Br2N4O3S. The summed E-state index contributed by atoms with van der Waals surface area (Å²) in [5, 5.41) is 14.2. The molecule has 0 atom stereocenters. The second-order valence-electron chi connectivity index (χ2n) is 4.94. The largest absolute Gasteiger partial charge is 0.333 e. The zero-order chi connectivity index (χ0) is 18.0. The number of imidazole rings is 1. The van der Waals surface area contributed by atoms with Crippen molar-refractivity contribution in [2.24, 2.45) is 0 Å². The van der Waals surface area contributed by atoms with E-state index in [1.165, 1.54) is 23.9 Å². The maximum atomic E-state index is 12.2. The number of hydrogen-bond donors (Lipinski definition) is 2. The number of non-ortho nitro benzene ring substituents is 1. The van der Waals surface area contributed by atoms with Gasteiger partial charge >= 0.3 is 0 Å². The molecule has 2 N–H and O–H groups in total. The molecule has 0 aliphatic heterocycles. The highest BCUT2D eigenvalue weighted by atomic mass is 79.9. The average Bonchev–Trinajstić information content (AvgIpc) is 2.99. The van der Waals surface area contributed by atoms with Crippen molar-refractivity contribution < 1.29 is 9.72 Å². The lowest BCUT2D eigenvalue weighted by Crippen LogP contribution is -2.15. The molecule has 0 saturated heterocycles. The number of benzene rings is 2. The zero-order valence-corrected chi connectivity index (χ0v) is 16.4. The van der Waals surface area contributed by atoms with Crippen molar-refractivity contribution in [1.82, 2.24) is 9.97 Å². The third-order valence-corrected chi connectivity index (χ3v) is 5.33. The van der Waals surface area contributed by atoms with Crippen LogP contribution in [0.5, 0.6) is 0 Å². The lowest BCUT2D eigenvalue weighted by molar-refractivity contribution is -0.385. The molecule has 0 saturated carbocycles. The molecule has 0 bridgehead atoms. The van der Waals surface area contributed by atoms with Crippen LogP contribution in [0.3, 0.4) is 0 Å². The Kier molecular flexibility index (Phi) is 5.40. The van der Waals surface area contributed by atoms with Gasteiger partial charge in [0.25, 0.3) is 5.69 Å². The number of para-hydroxylation sites is 2. The molecular weight excluding hydrogens is 476 g/mol. The van der Waals surface area contributed by atoms with E-state index in [1.54, 1.807) is 0 Å². The minimum atomic E-state index is -0.501.